The second-order valence-electron chi connectivity index (χ2n) is 5.94. The molecule has 0 fully saturated rings. The lowest BCUT2D eigenvalue weighted by molar-refractivity contribution is -0.384. The molecule has 0 aliphatic heterocycles. The highest BCUT2D eigenvalue weighted by Crippen LogP contribution is 2.23. The van der Waals surface area contributed by atoms with E-state index in [9.17, 15) is 14.9 Å². The Kier molecular flexibility index (Phi) is 5.79. The van der Waals surface area contributed by atoms with Crippen LogP contribution in [0.2, 0.25) is 0 Å². The van der Waals surface area contributed by atoms with Crippen molar-refractivity contribution >= 4 is 23.0 Å². The summed E-state index contributed by atoms with van der Waals surface area (Å²) in [5.41, 5.74) is 3.30. The maximum Gasteiger partial charge on any atom is 0.292 e. The Hall–Kier alpha value is -3.67. The van der Waals surface area contributed by atoms with Gasteiger partial charge in [0.25, 0.3) is 5.69 Å². The van der Waals surface area contributed by atoms with Gasteiger partial charge in [-0.2, -0.15) is 0 Å². The van der Waals surface area contributed by atoms with Gasteiger partial charge in [0.05, 0.1) is 4.92 Å². The molecular weight excluding hydrogens is 342 g/mol. The van der Waals surface area contributed by atoms with Gasteiger partial charge in [-0.05, 0) is 29.3 Å². The summed E-state index contributed by atoms with van der Waals surface area (Å²) >= 11 is 0. The Labute approximate surface area is 157 Å². The van der Waals surface area contributed by atoms with Crippen LogP contribution in [0.5, 0.6) is 0 Å². The molecule has 3 rings (SSSR count). The third-order valence-corrected chi connectivity index (χ3v) is 4.04. The van der Waals surface area contributed by atoms with Gasteiger partial charge in [-0.25, -0.2) is 0 Å². The maximum absolute atomic E-state index is 12.1. The van der Waals surface area contributed by atoms with E-state index in [0.29, 0.717) is 17.9 Å². The predicted octanol–water partition coefficient (Wildman–Crippen LogP) is 4.70. The van der Waals surface area contributed by atoms with E-state index in [2.05, 4.69) is 10.6 Å². The Morgan fingerprint density at radius 2 is 1.48 bits per heavy atom. The Balaban J connectivity index is 1.52. The average molecular weight is 361 g/mol. The number of carbonyl (C=O) groups excluding carboxylic acids is 1. The van der Waals surface area contributed by atoms with Crippen molar-refractivity contribution in [1.29, 1.82) is 0 Å². The standard InChI is InChI=1S/C21H19N3O3/c25-21(14-15-22-19-8-4-5-9-20(19)24(26)27)23-18-12-10-17(11-13-18)16-6-2-1-3-7-16/h1-13,22H,14-15H2,(H,23,25). The van der Waals surface area contributed by atoms with E-state index in [1.165, 1.54) is 6.07 Å². The van der Waals surface area contributed by atoms with Gasteiger partial charge in [0, 0.05) is 24.7 Å². The number of para-hydroxylation sites is 2. The zero-order valence-electron chi connectivity index (χ0n) is 14.6. The molecule has 3 aromatic carbocycles. The first-order valence-electron chi connectivity index (χ1n) is 8.56. The van der Waals surface area contributed by atoms with Crippen LogP contribution in [0.15, 0.2) is 78.9 Å². The van der Waals surface area contributed by atoms with Crippen molar-refractivity contribution in [1.82, 2.24) is 0 Å². The van der Waals surface area contributed by atoms with Crippen molar-refractivity contribution in [2.24, 2.45) is 0 Å². The summed E-state index contributed by atoms with van der Waals surface area (Å²) in [6, 6.07) is 24.0. The van der Waals surface area contributed by atoms with Gasteiger partial charge in [0.15, 0.2) is 0 Å². The molecule has 0 unspecified atom stereocenters. The molecule has 0 aromatic heterocycles. The number of nitro groups is 1. The highest BCUT2D eigenvalue weighted by molar-refractivity contribution is 5.91. The van der Waals surface area contributed by atoms with Crippen LogP contribution in [-0.2, 0) is 4.79 Å². The third-order valence-electron chi connectivity index (χ3n) is 4.04. The molecule has 0 saturated carbocycles. The summed E-state index contributed by atoms with van der Waals surface area (Å²) in [5.74, 6) is -0.159. The molecule has 6 heteroatoms. The third kappa shape index (κ3) is 4.92. The summed E-state index contributed by atoms with van der Waals surface area (Å²) in [4.78, 5) is 22.6. The Bertz CT molecular complexity index is 925. The van der Waals surface area contributed by atoms with Crippen molar-refractivity contribution in [2.75, 3.05) is 17.2 Å². The number of carbonyl (C=O) groups is 1. The minimum atomic E-state index is -0.448. The zero-order valence-corrected chi connectivity index (χ0v) is 14.6. The first-order valence-corrected chi connectivity index (χ1v) is 8.56. The van der Waals surface area contributed by atoms with Crippen LogP contribution in [0.3, 0.4) is 0 Å². The van der Waals surface area contributed by atoms with Gasteiger partial charge in [-0.1, -0.05) is 54.6 Å². The second-order valence-corrected chi connectivity index (χ2v) is 5.94. The largest absolute Gasteiger partial charge is 0.379 e. The quantitative estimate of drug-likeness (QED) is 0.472. The fraction of sp³-hybridized carbons (Fsp3) is 0.0952. The molecule has 2 N–H and O–H groups in total. The fourth-order valence-electron chi connectivity index (χ4n) is 2.69. The van der Waals surface area contributed by atoms with Crippen molar-refractivity contribution in [2.45, 2.75) is 6.42 Å². The van der Waals surface area contributed by atoms with E-state index in [4.69, 9.17) is 0 Å². The van der Waals surface area contributed by atoms with Crippen LogP contribution in [0.4, 0.5) is 17.1 Å². The van der Waals surface area contributed by atoms with Crippen LogP contribution in [0, 0.1) is 10.1 Å². The van der Waals surface area contributed by atoms with Gasteiger partial charge in [0.2, 0.25) is 5.91 Å². The van der Waals surface area contributed by atoms with E-state index < -0.39 is 4.92 Å². The molecular formula is C21H19N3O3. The lowest BCUT2D eigenvalue weighted by Crippen LogP contribution is -2.16. The minimum Gasteiger partial charge on any atom is -0.379 e. The summed E-state index contributed by atoms with van der Waals surface area (Å²) in [5, 5.41) is 16.7. The maximum atomic E-state index is 12.1. The highest BCUT2D eigenvalue weighted by atomic mass is 16.6. The second kappa shape index (κ2) is 8.62. The molecule has 136 valence electrons. The first-order chi connectivity index (χ1) is 13.1. The number of benzene rings is 3. The molecule has 0 spiro atoms. The van der Waals surface area contributed by atoms with Crippen molar-refractivity contribution in [3.8, 4) is 11.1 Å². The topological polar surface area (TPSA) is 84.3 Å². The van der Waals surface area contributed by atoms with Crippen molar-refractivity contribution in [3.63, 3.8) is 0 Å². The van der Waals surface area contributed by atoms with E-state index in [0.717, 1.165) is 11.1 Å². The Morgan fingerprint density at radius 1 is 0.852 bits per heavy atom. The van der Waals surface area contributed by atoms with Crippen molar-refractivity contribution < 1.29 is 9.72 Å². The molecule has 1 amide bonds. The van der Waals surface area contributed by atoms with Gasteiger partial charge in [0.1, 0.15) is 5.69 Å². The number of hydrogen-bond donors (Lipinski definition) is 2. The van der Waals surface area contributed by atoms with Crippen LogP contribution in [-0.4, -0.2) is 17.4 Å². The highest BCUT2D eigenvalue weighted by Gasteiger charge is 2.12. The molecule has 0 saturated heterocycles. The van der Waals surface area contributed by atoms with Crippen LogP contribution < -0.4 is 10.6 Å². The number of nitro benzene ring substituents is 1. The lowest BCUT2D eigenvalue weighted by atomic mass is 10.1. The molecule has 0 aliphatic carbocycles. The molecule has 6 nitrogen and oxygen atoms in total. The molecule has 3 aromatic rings. The van der Waals surface area contributed by atoms with Crippen LogP contribution in [0.1, 0.15) is 6.42 Å². The summed E-state index contributed by atoms with van der Waals surface area (Å²) in [6.07, 6.45) is 0.201. The van der Waals surface area contributed by atoms with Crippen LogP contribution in [0.25, 0.3) is 11.1 Å². The monoisotopic (exact) mass is 361 g/mol. The Morgan fingerprint density at radius 3 is 2.19 bits per heavy atom. The number of rotatable bonds is 7. The zero-order chi connectivity index (χ0) is 19.1. The summed E-state index contributed by atoms with van der Waals surface area (Å²) in [6.45, 7) is 0.304. The SMILES string of the molecule is O=C(CCNc1ccccc1[N+](=O)[O-])Nc1ccc(-c2ccccc2)cc1. The molecule has 0 atom stereocenters. The number of nitrogens with zero attached hydrogens (tertiary/aromatic N) is 1. The predicted molar refractivity (Wildman–Crippen MR) is 107 cm³/mol. The lowest BCUT2D eigenvalue weighted by Gasteiger charge is -2.09. The molecule has 0 bridgehead atoms. The van der Waals surface area contributed by atoms with Gasteiger partial charge in [-0.15, -0.1) is 0 Å². The van der Waals surface area contributed by atoms with E-state index in [1.54, 1.807) is 18.2 Å². The molecule has 0 radical (unpaired) electrons. The number of hydrogen-bond acceptors (Lipinski definition) is 4. The van der Waals surface area contributed by atoms with E-state index >= 15 is 0 Å². The minimum absolute atomic E-state index is 0.00518. The average Bonchev–Trinajstić information content (AvgIpc) is 2.69. The molecule has 0 heterocycles. The first kappa shape index (κ1) is 18.1. The van der Waals surface area contributed by atoms with Crippen LogP contribution >= 0.6 is 0 Å². The number of nitrogens with one attached hydrogen (secondary N) is 2. The number of amides is 1. The summed E-state index contributed by atoms with van der Waals surface area (Å²) in [7, 11) is 0. The van der Waals surface area contributed by atoms with Gasteiger partial charge in [-0.3, -0.25) is 14.9 Å². The fourth-order valence-corrected chi connectivity index (χ4v) is 2.69. The number of anilines is 2. The molecule has 0 aliphatic rings. The van der Waals surface area contributed by atoms with Gasteiger partial charge < -0.3 is 10.6 Å². The molecule has 27 heavy (non-hydrogen) atoms. The normalized spacial score (nSPS) is 10.2. The van der Waals surface area contributed by atoms with Crippen molar-refractivity contribution in [3.05, 3.63) is 89.0 Å². The van der Waals surface area contributed by atoms with Gasteiger partial charge >= 0.3 is 0 Å². The summed E-state index contributed by atoms with van der Waals surface area (Å²) < 4.78 is 0. The van der Waals surface area contributed by atoms with E-state index in [-0.39, 0.29) is 18.0 Å². The smallest absolute Gasteiger partial charge is 0.292 e. The van der Waals surface area contributed by atoms with E-state index in [1.807, 2.05) is 54.6 Å².